The molecule has 0 aliphatic carbocycles. The molecule has 36 heavy (non-hydrogen) atoms. The minimum atomic E-state index is -1.19. The first kappa shape index (κ1) is 26.1. The number of aliphatic hydroxyl groups excluding tert-OH is 1. The van der Waals surface area contributed by atoms with Gasteiger partial charge in [0.25, 0.3) is 0 Å². The van der Waals surface area contributed by atoms with Crippen LogP contribution >= 0.6 is 0 Å². The summed E-state index contributed by atoms with van der Waals surface area (Å²) < 4.78 is 0. The van der Waals surface area contributed by atoms with E-state index in [0.29, 0.717) is 39.0 Å². The van der Waals surface area contributed by atoms with Crippen LogP contribution in [0.15, 0.2) is 54.6 Å². The molecule has 0 radical (unpaired) electrons. The number of nitrogens with one attached hydrogen (secondary N) is 1. The third-order valence-corrected chi connectivity index (χ3v) is 7.56. The number of piperidine rings is 1. The Morgan fingerprint density at radius 3 is 2.47 bits per heavy atom. The molecule has 8 heteroatoms. The Hall–Kier alpha value is -2.94. The molecule has 2 unspecified atom stereocenters. The molecule has 2 aromatic rings. The highest BCUT2D eigenvalue weighted by Crippen LogP contribution is 2.43. The number of hydrogen-bond donors (Lipinski definition) is 4. The molecule has 2 aliphatic rings. The summed E-state index contributed by atoms with van der Waals surface area (Å²) in [5.41, 5.74) is 7.59. The molecular weight excluding hydrogens is 456 g/mol. The zero-order valence-corrected chi connectivity index (χ0v) is 21.0. The summed E-state index contributed by atoms with van der Waals surface area (Å²) in [6.07, 6.45) is 1.91. The largest absolute Gasteiger partial charge is 0.390 e. The van der Waals surface area contributed by atoms with Crippen LogP contribution in [0.3, 0.4) is 0 Å². The van der Waals surface area contributed by atoms with E-state index in [9.17, 15) is 19.8 Å². The first-order chi connectivity index (χ1) is 17.3. The van der Waals surface area contributed by atoms with Gasteiger partial charge < -0.3 is 31.1 Å². The van der Waals surface area contributed by atoms with E-state index >= 15 is 0 Å². The lowest BCUT2D eigenvalue weighted by atomic mass is 9.72. The quantitative estimate of drug-likeness (QED) is 0.441. The smallest absolute Gasteiger partial charge is 0.320 e. The van der Waals surface area contributed by atoms with Gasteiger partial charge in [-0.15, -0.1) is 0 Å². The van der Waals surface area contributed by atoms with Gasteiger partial charge in [0, 0.05) is 51.6 Å². The zero-order chi connectivity index (χ0) is 25.7. The fourth-order valence-corrected chi connectivity index (χ4v) is 5.62. The van der Waals surface area contributed by atoms with Crippen molar-refractivity contribution >= 4 is 11.9 Å². The van der Waals surface area contributed by atoms with E-state index < -0.39 is 17.7 Å². The lowest BCUT2D eigenvalue weighted by Crippen LogP contribution is -2.52. The molecular formula is C28H38N4O4. The van der Waals surface area contributed by atoms with Gasteiger partial charge in [-0.05, 0) is 42.4 Å². The normalized spacial score (nSPS) is 23.8. The van der Waals surface area contributed by atoms with Crippen LogP contribution in [0, 0.1) is 5.92 Å². The topological polar surface area (TPSA) is 119 Å². The van der Waals surface area contributed by atoms with Crippen molar-refractivity contribution in [3.8, 4) is 11.1 Å². The maximum Gasteiger partial charge on any atom is 0.320 e. The van der Waals surface area contributed by atoms with Crippen molar-refractivity contribution in [1.82, 2.24) is 15.1 Å². The molecule has 4 rings (SSSR count). The van der Waals surface area contributed by atoms with Gasteiger partial charge in [-0.2, -0.15) is 0 Å². The predicted octanol–water partition coefficient (Wildman–Crippen LogP) is 2.29. The first-order valence-corrected chi connectivity index (χ1v) is 12.9. The van der Waals surface area contributed by atoms with Crippen LogP contribution in [0.4, 0.5) is 4.79 Å². The number of carbonyl (C=O) groups is 2. The first-order valence-electron chi connectivity index (χ1n) is 12.9. The van der Waals surface area contributed by atoms with Gasteiger partial charge in [-0.3, -0.25) is 4.79 Å². The molecule has 4 atom stereocenters. The standard InChI is InChI=1S/C28H38N4O4/c1-20(33)30-15-8-14-28(36,24-13-6-5-12-23(24)21-9-3-2-4-10-21)22-11-7-16-31(17-22)27(35)32-18-25(29)26(34)19-32/h2-6,9-10,12-13,22,25-26,34,36H,7-8,11,14-19,29H2,1H3,(H,30,33)/t22?,25-,26+,28?/m1/s1. The van der Waals surface area contributed by atoms with Crippen molar-refractivity contribution in [3.63, 3.8) is 0 Å². The fourth-order valence-electron chi connectivity index (χ4n) is 5.62. The third-order valence-electron chi connectivity index (χ3n) is 7.56. The van der Waals surface area contributed by atoms with Gasteiger partial charge in [-0.1, -0.05) is 54.6 Å². The highest BCUT2D eigenvalue weighted by Gasteiger charge is 2.43. The van der Waals surface area contributed by atoms with E-state index in [4.69, 9.17) is 5.73 Å². The minimum absolute atomic E-state index is 0.0938. The summed E-state index contributed by atoms with van der Waals surface area (Å²) in [7, 11) is 0. The fraction of sp³-hybridized carbons (Fsp3) is 0.500. The molecule has 194 valence electrons. The summed E-state index contributed by atoms with van der Waals surface area (Å²) in [4.78, 5) is 28.1. The Labute approximate surface area is 213 Å². The Bertz CT molecular complexity index is 1040. The number of urea groups is 1. The van der Waals surface area contributed by atoms with Crippen LogP contribution in [-0.4, -0.2) is 76.8 Å². The molecule has 0 spiro atoms. The molecule has 8 nitrogen and oxygen atoms in total. The number of likely N-dealkylation sites (tertiary alicyclic amines) is 2. The summed E-state index contributed by atoms with van der Waals surface area (Å²) in [6.45, 7) is 3.56. The van der Waals surface area contributed by atoms with E-state index in [1.54, 1.807) is 9.80 Å². The number of nitrogens with two attached hydrogens (primary N) is 1. The van der Waals surface area contributed by atoms with Crippen molar-refractivity contribution in [2.75, 3.05) is 32.7 Å². The molecule has 0 aromatic heterocycles. The second kappa shape index (κ2) is 11.4. The molecule has 2 aliphatic heterocycles. The van der Waals surface area contributed by atoms with E-state index in [1.165, 1.54) is 6.92 Å². The Kier molecular flexibility index (Phi) is 8.28. The zero-order valence-electron chi connectivity index (χ0n) is 21.0. The number of carbonyl (C=O) groups excluding carboxylic acids is 2. The van der Waals surface area contributed by atoms with Crippen LogP contribution in [0.5, 0.6) is 0 Å². The average molecular weight is 495 g/mol. The number of nitrogens with zero attached hydrogens (tertiary/aromatic N) is 2. The number of amides is 3. The van der Waals surface area contributed by atoms with Crippen molar-refractivity contribution in [3.05, 3.63) is 60.2 Å². The van der Waals surface area contributed by atoms with Gasteiger partial charge in [0.05, 0.1) is 11.7 Å². The van der Waals surface area contributed by atoms with Crippen LogP contribution in [0.25, 0.3) is 11.1 Å². The number of β-amino-alcohol motifs (C(OH)–C–C–N with tert-alkyl or cyclic N) is 1. The summed E-state index contributed by atoms with van der Waals surface area (Å²) in [5, 5.41) is 25.3. The molecule has 3 amide bonds. The lowest BCUT2D eigenvalue weighted by Gasteiger charge is -2.44. The molecule has 2 heterocycles. The molecule has 0 saturated carbocycles. The summed E-state index contributed by atoms with van der Waals surface area (Å²) in [6, 6.07) is 17.4. The second-order valence-corrected chi connectivity index (χ2v) is 10.1. The average Bonchev–Trinajstić information content (AvgIpc) is 3.24. The molecule has 5 N–H and O–H groups in total. The lowest BCUT2D eigenvalue weighted by molar-refractivity contribution is -0.119. The Morgan fingerprint density at radius 2 is 1.78 bits per heavy atom. The van der Waals surface area contributed by atoms with Gasteiger partial charge in [0.15, 0.2) is 0 Å². The van der Waals surface area contributed by atoms with E-state index in [1.807, 2.05) is 54.6 Å². The van der Waals surface area contributed by atoms with Gasteiger partial charge in [-0.25, -0.2) is 4.79 Å². The van der Waals surface area contributed by atoms with E-state index in [-0.39, 0.29) is 24.4 Å². The third kappa shape index (κ3) is 5.72. The molecule has 2 fully saturated rings. The minimum Gasteiger partial charge on any atom is -0.390 e. The Balaban J connectivity index is 1.62. The SMILES string of the molecule is CC(=O)NCCCC(O)(c1ccccc1-c1ccccc1)C1CCCN(C(=O)N2C[C@@H](N)[C@@H](O)C2)C1. The number of benzene rings is 2. The van der Waals surface area contributed by atoms with Crippen LogP contribution in [0.1, 0.15) is 38.2 Å². The molecule has 2 aromatic carbocycles. The van der Waals surface area contributed by atoms with E-state index in [2.05, 4.69) is 5.32 Å². The summed E-state index contributed by atoms with van der Waals surface area (Å²) in [5.74, 6) is -0.276. The maximum atomic E-state index is 13.3. The van der Waals surface area contributed by atoms with Gasteiger partial charge in [0.2, 0.25) is 5.91 Å². The van der Waals surface area contributed by atoms with Crippen LogP contribution < -0.4 is 11.1 Å². The Morgan fingerprint density at radius 1 is 1.06 bits per heavy atom. The van der Waals surface area contributed by atoms with Crippen molar-refractivity contribution < 1.29 is 19.8 Å². The predicted molar refractivity (Wildman–Crippen MR) is 139 cm³/mol. The molecule has 2 saturated heterocycles. The highest BCUT2D eigenvalue weighted by atomic mass is 16.3. The maximum absolute atomic E-state index is 13.3. The molecule has 0 bridgehead atoms. The number of rotatable bonds is 7. The van der Waals surface area contributed by atoms with Gasteiger partial charge >= 0.3 is 6.03 Å². The highest BCUT2D eigenvalue weighted by molar-refractivity contribution is 5.75. The van der Waals surface area contributed by atoms with Crippen LogP contribution in [-0.2, 0) is 10.4 Å². The monoisotopic (exact) mass is 494 g/mol. The van der Waals surface area contributed by atoms with Crippen molar-refractivity contribution in [2.24, 2.45) is 11.7 Å². The van der Waals surface area contributed by atoms with Gasteiger partial charge in [0.1, 0.15) is 0 Å². The van der Waals surface area contributed by atoms with Crippen LogP contribution in [0.2, 0.25) is 0 Å². The van der Waals surface area contributed by atoms with Crippen molar-refractivity contribution in [2.45, 2.75) is 50.4 Å². The second-order valence-electron chi connectivity index (χ2n) is 10.1. The van der Waals surface area contributed by atoms with Crippen molar-refractivity contribution in [1.29, 1.82) is 0 Å². The number of aliphatic hydroxyl groups is 2. The van der Waals surface area contributed by atoms with E-state index in [0.717, 1.165) is 29.5 Å². The number of hydrogen-bond acceptors (Lipinski definition) is 5. The summed E-state index contributed by atoms with van der Waals surface area (Å²) >= 11 is 0.